The van der Waals surface area contributed by atoms with Crippen molar-refractivity contribution in [1.82, 2.24) is 4.90 Å². The lowest BCUT2D eigenvalue weighted by Crippen LogP contribution is -2.43. The second kappa shape index (κ2) is 6.64. The predicted octanol–water partition coefficient (Wildman–Crippen LogP) is 3.37. The summed E-state index contributed by atoms with van der Waals surface area (Å²) in [7, 11) is 0. The second-order valence-corrected chi connectivity index (χ2v) is 4.27. The molecule has 0 aliphatic heterocycles. The topological polar surface area (TPSA) is 15.3 Å². The van der Waals surface area contributed by atoms with Crippen molar-refractivity contribution in [2.24, 2.45) is 0 Å². The number of hydrogen-bond donors (Lipinski definition) is 1. The third-order valence-corrected chi connectivity index (χ3v) is 2.79. The van der Waals surface area contributed by atoms with Gasteiger partial charge in [-0.05, 0) is 25.6 Å². The summed E-state index contributed by atoms with van der Waals surface area (Å²) in [5.74, 6) is 0. The van der Waals surface area contributed by atoms with E-state index in [-0.39, 0.29) is 6.04 Å². The first-order valence-electron chi connectivity index (χ1n) is 6.02. The molecular formula is C13H19F3N2. The van der Waals surface area contributed by atoms with Crippen LogP contribution in [-0.4, -0.2) is 36.8 Å². The number of nitrogens with one attached hydrogen (secondary N) is 1. The molecule has 1 aromatic rings. The molecule has 0 radical (unpaired) electrons. The van der Waals surface area contributed by atoms with E-state index in [1.165, 1.54) is 4.90 Å². The number of rotatable bonds is 6. The van der Waals surface area contributed by atoms with E-state index in [0.717, 1.165) is 5.69 Å². The van der Waals surface area contributed by atoms with E-state index >= 15 is 0 Å². The molecule has 5 heteroatoms. The van der Waals surface area contributed by atoms with Gasteiger partial charge in [-0.3, -0.25) is 4.90 Å². The van der Waals surface area contributed by atoms with Crippen LogP contribution < -0.4 is 5.32 Å². The molecule has 0 saturated carbocycles. The van der Waals surface area contributed by atoms with Crippen molar-refractivity contribution in [3.63, 3.8) is 0 Å². The lowest BCUT2D eigenvalue weighted by atomic mass is 10.2. The molecule has 0 aromatic heterocycles. The molecule has 0 heterocycles. The number of alkyl halides is 3. The quantitative estimate of drug-likeness (QED) is 0.843. The van der Waals surface area contributed by atoms with Crippen molar-refractivity contribution in [3.05, 3.63) is 30.3 Å². The maximum atomic E-state index is 12.4. The Morgan fingerprint density at radius 2 is 1.83 bits per heavy atom. The summed E-state index contributed by atoms with van der Waals surface area (Å²) in [6.07, 6.45) is -4.14. The van der Waals surface area contributed by atoms with Crippen LogP contribution in [0.15, 0.2) is 30.3 Å². The number of para-hydroxylation sites is 1. The first kappa shape index (κ1) is 14.8. The Balaban J connectivity index is 2.45. The first-order valence-corrected chi connectivity index (χ1v) is 6.02. The van der Waals surface area contributed by atoms with E-state index in [0.29, 0.717) is 13.1 Å². The molecular weight excluding hydrogens is 241 g/mol. The van der Waals surface area contributed by atoms with E-state index in [2.05, 4.69) is 5.32 Å². The molecule has 0 saturated heterocycles. The largest absolute Gasteiger partial charge is 0.401 e. The van der Waals surface area contributed by atoms with Gasteiger partial charge in [0.1, 0.15) is 0 Å². The SMILES string of the molecule is CCN(CC(F)(F)F)C(C)CNc1ccccc1. The monoisotopic (exact) mass is 260 g/mol. The zero-order valence-electron chi connectivity index (χ0n) is 10.7. The zero-order chi connectivity index (χ0) is 13.6. The Labute approximate surface area is 106 Å². The summed E-state index contributed by atoms with van der Waals surface area (Å²) in [5.41, 5.74) is 0.924. The fourth-order valence-electron chi connectivity index (χ4n) is 1.76. The highest BCUT2D eigenvalue weighted by Gasteiger charge is 2.31. The van der Waals surface area contributed by atoms with Gasteiger partial charge in [0.2, 0.25) is 0 Å². The highest BCUT2D eigenvalue weighted by Crippen LogP contribution is 2.18. The van der Waals surface area contributed by atoms with Gasteiger partial charge in [0.15, 0.2) is 0 Å². The van der Waals surface area contributed by atoms with Gasteiger partial charge in [-0.2, -0.15) is 13.2 Å². The first-order chi connectivity index (χ1) is 8.42. The zero-order valence-corrected chi connectivity index (χ0v) is 10.7. The average Bonchev–Trinajstić information content (AvgIpc) is 2.33. The van der Waals surface area contributed by atoms with Gasteiger partial charge >= 0.3 is 6.18 Å². The number of benzene rings is 1. The van der Waals surface area contributed by atoms with Crippen LogP contribution in [0.5, 0.6) is 0 Å². The van der Waals surface area contributed by atoms with Crippen molar-refractivity contribution in [2.45, 2.75) is 26.1 Å². The smallest absolute Gasteiger partial charge is 0.383 e. The van der Waals surface area contributed by atoms with E-state index in [9.17, 15) is 13.2 Å². The third kappa shape index (κ3) is 5.40. The van der Waals surface area contributed by atoms with Crippen molar-refractivity contribution in [1.29, 1.82) is 0 Å². The van der Waals surface area contributed by atoms with Crippen LogP contribution in [0.25, 0.3) is 0 Å². The molecule has 0 aliphatic rings. The molecule has 1 unspecified atom stereocenters. The number of nitrogens with zero attached hydrogens (tertiary/aromatic N) is 1. The summed E-state index contributed by atoms with van der Waals surface area (Å²) in [5, 5.41) is 3.14. The molecule has 0 fully saturated rings. The maximum Gasteiger partial charge on any atom is 0.401 e. The van der Waals surface area contributed by atoms with Crippen LogP contribution in [0.2, 0.25) is 0 Å². The molecule has 2 nitrogen and oxygen atoms in total. The summed E-state index contributed by atoms with van der Waals surface area (Å²) < 4.78 is 37.1. The summed E-state index contributed by atoms with van der Waals surface area (Å²) >= 11 is 0. The van der Waals surface area contributed by atoms with Crippen LogP contribution in [0.3, 0.4) is 0 Å². The molecule has 0 bridgehead atoms. The van der Waals surface area contributed by atoms with Gasteiger partial charge in [0.25, 0.3) is 0 Å². The number of halogens is 3. The minimum atomic E-state index is -4.14. The minimum absolute atomic E-state index is 0.170. The van der Waals surface area contributed by atoms with Crippen LogP contribution in [0.1, 0.15) is 13.8 Å². The van der Waals surface area contributed by atoms with E-state index in [1.54, 1.807) is 13.8 Å². The molecule has 0 aliphatic carbocycles. The van der Waals surface area contributed by atoms with Crippen LogP contribution in [-0.2, 0) is 0 Å². The molecule has 0 spiro atoms. The number of likely N-dealkylation sites (N-methyl/N-ethyl adjacent to an activating group) is 1. The summed E-state index contributed by atoms with van der Waals surface area (Å²) in [4.78, 5) is 1.41. The lowest BCUT2D eigenvalue weighted by molar-refractivity contribution is -0.149. The minimum Gasteiger partial charge on any atom is -0.383 e. The average molecular weight is 260 g/mol. The van der Waals surface area contributed by atoms with Crippen molar-refractivity contribution < 1.29 is 13.2 Å². The predicted molar refractivity (Wildman–Crippen MR) is 67.7 cm³/mol. The normalized spacial score (nSPS) is 13.7. The van der Waals surface area contributed by atoms with Crippen molar-refractivity contribution in [2.75, 3.05) is 25.0 Å². The Hall–Kier alpha value is -1.23. The molecule has 1 aromatic carbocycles. The Kier molecular flexibility index (Phi) is 5.47. The number of hydrogen-bond acceptors (Lipinski definition) is 2. The van der Waals surface area contributed by atoms with E-state index in [1.807, 2.05) is 30.3 Å². The van der Waals surface area contributed by atoms with Gasteiger partial charge in [-0.15, -0.1) is 0 Å². The molecule has 1 N–H and O–H groups in total. The lowest BCUT2D eigenvalue weighted by Gasteiger charge is -2.29. The second-order valence-electron chi connectivity index (χ2n) is 4.27. The van der Waals surface area contributed by atoms with Crippen LogP contribution in [0.4, 0.5) is 18.9 Å². The van der Waals surface area contributed by atoms with Gasteiger partial charge in [0, 0.05) is 18.3 Å². The van der Waals surface area contributed by atoms with Crippen molar-refractivity contribution in [3.8, 4) is 0 Å². The third-order valence-electron chi connectivity index (χ3n) is 2.79. The van der Waals surface area contributed by atoms with Gasteiger partial charge in [-0.25, -0.2) is 0 Å². The molecule has 102 valence electrons. The molecule has 18 heavy (non-hydrogen) atoms. The molecule has 0 amide bonds. The highest BCUT2D eigenvalue weighted by molar-refractivity contribution is 5.42. The summed E-state index contributed by atoms with van der Waals surface area (Å²) in [6.45, 7) is 3.56. The van der Waals surface area contributed by atoms with Crippen LogP contribution >= 0.6 is 0 Å². The Bertz CT molecular complexity index is 338. The number of anilines is 1. The molecule has 1 atom stereocenters. The Morgan fingerprint density at radius 3 is 2.33 bits per heavy atom. The summed E-state index contributed by atoms with van der Waals surface area (Å²) in [6, 6.07) is 9.30. The standard InChI is InChI=1S/C13H19F3N2/c1-3-18(10-13(14,15)16)11(2)9-17-12-7-5-4-6-8-12/h4-8,11,17H,3,9-10H2,1-2H3. The van der Waals surface area contributed by atoms with Crippen molar-refractivity contribution >= 4 is 5.69 Å². The van der Waals surface area contributed by atoms with E-state index < -0.39 is 12.7 Å². The van der Waals surface area contributed by atoms with Gasteiger partial charge < -0.3 is 5.32 Å². The maximum absolute atomic E-state index is 12.4. The van der Waals surface area contributed by atoms with E-state index in [4.69, 9.17) is 0 Å². The fraction of sp³-hybridized carbons (Fsp3) is 0.538. The Morgan fingerprint density at radius 1 is 1.22 bits per heavy atom. The highest BCUT2D eigenvalue weighted by atomic mass is 19.4. The molecule has 1 rings (SSSR count). The van der Waals surface area contributed by atoms with Gasteiger partial charge in [-0.1, -0.05) is 25.1 Å². The van der Waals surface area contributed by atoms with Gasteiger partial charge in [0.05, 0.1) is 6.54 Å². The fourth-order valence-corrected chi connectivity index (χ4v) is 1.76. The van der Waals surface area contributed by atoms with Crippen LogP contribution in [0, 0.1) is 0 Å².